The standard InChI is InChI=1S/C23H24BrClN4OS/c1-13(2)18-19(21(30)28(4)5)31-22-27-23(3,14-6-9-16(25)10-7-14)20(29(18)22)17-11-8-15(24)12-26-17/h6-13,20H,1-5H3/t20-,23-/m0/s1. The molecule has 2 aromatic rings. The largest absolute Gasteiger partial charge is 0.344 e. The van der Waals surface area contributed by atoms with E-state index in [1.165, 1.54) is 11.8 Å². The fourth-order valence-electron chi connectivity index (χ4n) is 4.12. The summed E-state index contributed by atoms with van der Waals surface area (Å²) in [5, 5.41) is 1.52. The van der Waals surface area contributed by atoms with Crippen LogP contribution in [-0.4, -0.2) is 40.0 Å². The molecule has 5 nitrogen and oxygen atoms in total. The third-order valence-electron chi connectivity index (χ3n) is 5.62. The fraction of sp³-hybridized carbons (Fsp3) is 0.348. The minimum absolute atomic E-state index is 0.00140. The van der Waals surface area contributed by atoms with Gasteiger partial charge in [-0.3, -0.25) is 9.78 Å². The number of carbonyl (C=O) groups is 1. The number of nitrogens with zero attached hydrogens (tertiary/aromatic N) is 4. The molecule has 4 rings (SSSR count). The van der Waals surface area contributed by atoms with Crippen molar-refractivity contribution in [3.05, 3.63) is 73.9 Å². The third-order valence-corrected chi connectivity index (χ3v) is 7.40. The lowest BCUT2D eigenvalue weighted by atomic mass is 9.83. The van der Waals surface area contributed by atoms with Crippen molar-refractivity contribution >= 4 is 50.4 Å². The zero-order valence-electron chi connectivity index (χ0n) is 18.1. The van der Waals surface area contributed by atoms with Crippen LogP contribution in [0.3, 0.4) is 0 Å². The molecule has 2 aliphatic rings. The molecule has 0 saturated carbocycles. The number of amides is 1. The minimum atomic E-state index is -0.583. The Balaban J connectivity index is 1.91. The first kappa shape index (κ1) is 22.4. The van der Waals surface area contributed by atoms with Crippen LogP contribution in [0.2, 0.25) is 5.02 Å². The van der Waals surface area contributed by atoms with Crippen molar-refractivity contribution in [2.24, 2.45) is 10.9 Å². The van der Waals surface area contributed by atoms with Crippen molar-refractivity contribution in [2.75, 3.05) is 14.1 Å². The van der Waals surface area contributed by atoms with Crippen molar-refractivity contribution in [3.8, 4) is 0 Å². The molecule has 0 saturated heterocycles. The van der Waals surface area contributed by atoms with E-state index >= 15 is 0 Å². The average molecular weight is 520 g/mol. The number of aromatic nitrogens is 1. The van der Waals surface area contributed by atoms with Crippen LogP contribution in [0.25, 0.3) is 0 Å². The number of hydrogen-bond acceptors (Lipinski definition) is 5. The lowest BCUT2D eigenvalue weighted by molar-refractivity contribution is -0.124. The van der Waals surface area contributed by atoms with E-state index in [1.54, 1.807) is 19.0 Å². The van der Waals surface area contributed by atoms with Crippen molar-refractivity contribution in [3.63, 3.8) is 0 Å². The van der Waals surface area contributed by atoms with E-state index in [0.29, 0.717) is 5.02 Å². The number of hydrogen-bond donors (Lipinski definition) is 0. The van der Waals surface area contributed by atoms with Crippen molar-refractivity contribution in [2.45, 2.75) is 32.4 Å². The van der Waals surface area contributed by atoms with Gasteiger partial charge in [0, 0.05) is 35.5 Å². The maximum atomic E-state index is 13.0. The normalized spacial score (nSPS) is 22.8. The Morgan fingerprint density at radius 1 is 1.23 bits per heavy atom. The van der Waals surface area contributed by atoms with E-state index in [9.17, 15) is 4.79 Å². The first-order chi connectivity index (χ1) is 14.6. The molecule has 0 aliphatic carbocycles. The zero-order valence-corrected chi connectivity index (χ0v) is 21.2. The maximum Gasteiger partial charge on any atom is 0.262 e. The SMILES string of the molecule is CC(C)C1=C(C(=O)N(C)C)SC2=N[C@@](C)(c3ccc(Cl)cc3)[C@H](c3ccc(Br)cn3)N21. The molecule has 0 spiro atoms. The molecule has 0 radical (unpaired) electrons. The van der Waals surface area contributed by atoms with Gasteiger partial charge >= 0.3 is 0 Å². The van der Waals surface area contributed by atoms with Crippen LogP contribution in [0.15, 0.2) is 62.7 Å². The number of carbonyl (C=O) groups excluding carboxylic acids is 1. The predicted octanol–water partition coefficient (Wildman–Crippen LogP) is 5.83. The molecule has 8 heteroatoms. The van der Waals surface area contributed by atoms with E-state index in [4.69, 9.17) is 21.6 Å². The van der Waals surface area contributed by atoms with Crippen molar-refractivity contribution in [1.82, 2.24) is 14.8 Å². The van der Waals surface area contributed by atoms with Gasteiger partial charge in [0.25, 0.3) is 5.91 Å². The number of aliphatic imine (C=N–C) groups is 1. The summed E-state index contributed by atoms with van der Waals surface area (Å²) in [6.45, 7) is 6.36. The highest BCUT2D eigenvalue weighted by Crippen LogP contribution is 2.55. The van der Waals surface area contributed by atoms with Gasteiger partial charge in [-0.1, -0.05) is 37.6 Å². The highest BCUT2D eigenvalue weighted by Gasteiger charge is 2.53. The number of pyridine rings is 1. The Labute approximate surface area is 200 Å². The summed E-state index contributed by atoms with van der Waals surface area (Å²) >= 11 is 11.1. The molecular formula is C23H24BrClN4OS. The lowest BCUT2D eigenvalue weighted by Gasteiger charge is -2.36. The molecule has 0 bridgehead atoms. The van der Waals surface area contributed by atoms with Crippen molar-refractivity contribution < 1.29 is 4.79 Å². The highest BCUT2D eigenvalue weighted by molar-refractivity contribution is 9.10. The van der Waals surface area contributed by atoms with Crippen LogP contribution >= 0.6 is 39.3 Å². The second-order valence-electron chi connectivity index (χ2n) is 8.39. The molecule has 1 amide bonds. The van der Waals surface area contributed by atoms with Crippen LogP contribution in [0.4, 0.5) is 0 Å². The average Bonchev–Trinajstić information content (AvgIpc) is 3.21. The Morgan fingerprint density at radius 2 is 1.90 bits per heavy atom. The summed E-state index contributed by atoms with van der Waals surface area (Å²) in [6.07, 6.45) is 1.81. The molecule has 0 N–H and O–H groups in total. The van der Waals surface area contributed by atoms with Crippen molar-refractivity contribution in [1.29, 1.82) is 0 Å². The topological polar surface area (TPSA) is 48.8 Å². The first-order valence-electron chi connectivity index (χ1n) is 10.0. The van der Waals surface area contributed by atoms with E-state index in [2.05, 4.69) is 41.6 Å². The second kappa shape index (κ2) is 8.26. The lowest BCUT2D eigenvalue weighted by Crippen LogP contribution is -2.36. The Bertz CT molecular complexity index is 1080. The summed E-state index contributed by atoms with van der Waals surface area (Å²) < 4.78 is 0.919. The maximum absolute atomic E-state index is 13.0. The second-order valence-corrected chi connectivity index (χ2v) is 10.7. The molecule has 0 unspecified atom stereocenters. The van der Waals surface area contributed by atoms with Gasteiger partial charge in [-0.05, 0) is 70.4 Å². The van der Waals surface area contributed by atoms with Gasteiger partial charge in [0.05, 0.1) is 5.69 Å². The Hall–Kier alpha value is -1.83. The number of benzene rings is 1. The van der Waals surface area contributed by atoms with E-state index in [0.717, 1.165) is 31.5 Å². The van der Waals surface area contributed by atoms with Gasteiger partial charge in [-0.15, -0.1) is 0 Å². The highest BCUT2D eigenvalue weighted by atomic mass is 79.9. The van der Waals surface area contributed by atoms with Gasteiger partial charge < -0.3 is 9.80 Å². The van der Waals surface area contributed by atoms with Crippen LogP contribution < -0.4 is 0 Å². The summed E-state index contributed by atoms with van der Waals surface area (Å²) in [4.78, 5) is 27.5. The number of allylic oxidation sites excluding steroid dienone is 1. The number of likely N-dealkylation sites (N-methyl/N-ethyl adjacent to an activating group) is 1. The Kier molecular flexibility index (Phi) is 5.96. The molecule has 0 fully saturated rings. The van der Waals surface area contributed by atoms with E-state index in [-0.39, 0.29) is 17.9 Å². The third kappa shape index (κ3) is 3.81. The monoisotopic (exact) mass is 518 g/mol. The number of halogens is 2. The molecule has 1 aromatic carbocycles. The first-order valence-corrected chi connectivity index (χ1v) is 12.0. The zero-order chi connectivity index (χ0) is 22.5. The number of fused-ring (bicyclic) bond motifs is 1. The molecule has 2 atom stereocenters. The van der Waals surface area contributed by atoms with E-state index in [1.807, 2.05) is 42.6 Å². The smallest absolute Gasteiger partial charge is 0.262 e. The van der Waals surface area contributed by atoms with E-state index < -0.39 is 5.54 Å². The summed E-state index contributed by atoms with van der Waals surface area (Å²) in [7, 11) is 3.56. The molecule has 2 aliphatic heterocycles. The molecule has 1 aromatic heterocycles. The molecule has 3 heterocycles. The fourth-order valence-corrected chi connectivity index (χ4v) is 5.91. The molecule has 162 valence electrons. The van der Waals surface area contributed by atoms with Gasteiger partial charge in [-0.2, -0.15) is 0 Å². The van der Waals surface area contributed by atoms with Crippen LogP contribution in [0.5, 0.6) is 0 Å². The van der Waals surface area contributed by atoms with Gasteiger partial charge in [-0.25, -0.2) is 4.99 Å². The van der Waals surface area contributed by atoms with Gasteiger partial charge in [0.2, 0.25) is 0 Å². The van der Waals surface area contributed by atoms with Gasteiger partial charge in [0.15, 0.2) is 5.17 Å². The number of thioether (sulfide) groups is 1. The summed E-state index contributed by atoms with van der Waals surface area (Å²) in [6, 6.07) is 11.7. The number of rotatable bonds is 4. The summed E-state index contributed by atoms with van der Waals surface area (Å²) in [5.41, 5.74) is 2.37. The summed E-state index contributed by atoms with van der Waals surface area (Å²) in [5.74, 6) is 0.145. The van der Waals surface area contributed by atoms with Crippen LogP contribution in [0.1, 0.15) is 38.1 Å². The minimum Gasteiger partial charge on any atom is -0.344 e. The molecular weight excluding hydrogens is 496 g/mol. The number of amidine groups is 1. The quantitative estimate of drug-likeness (QED) is 0.510. The Morgan fingerprint density at radius 3 is 2.45 bits per heavy atom. The van der Waals surface area contributed by atoms with Gasteiger partial charge in [0.1, 0.15) is 16.5 Å². The van der Waals surface area contributed by atoms with Crippen LogP contribution in [0, 0.1) is 5.92 Å². The predicted molar refractivity (Wildman–Crippen MR) is 131 cm³/mol. The molecule has 31 heavy (non-hydrogen) atoms. The van der Waals surface area contributed by atoms with Crippen LogP contribution in [-0.2, 0) is 10.3 Å².